The van der Waals surface area contributed by atoms with Crippen LogP contribution in [0, 0.1) is 11.8 Å². The zero-order chi connectivity index (χ0) is 29.9. The van der Waals surface area contributed by atoms with Gasteiger partial charge in [-0.2, -0.15) is 0 Å². The van der Waals surface area contributed by atoms with Gasteiger partial charge in [-0.3, -0.25) is 19.3 Å². The number of fused-ring (bicyclic) bond motifs is 3. The molecular formula is C33H36N2O7. The quantitative estimate of drug-likeness (QED) is 0.338. The maximum atomic E-state index is 14.0. The van der Waals surface area contributed by atoms with E-state index in [1.165, 1.54) is 30.9 Å². The van der Waals surface area contributed by atoms with Gasteiger partial charge in [-0.25, -0.2) is 0 Å². The Morgan fingerprint density at radius 2 is 1.76 bits per heavy atom. The van der Waals surface area contributed by atoms with E-state index in [1.807, 2.05) is 6.07 Å². The maximum Gasteiger partial charge on any atom is 0.255 e. The van der Waals surface area contributed by atoms with E-state index in [0.29, 0.717) is 5.56 Å². The predicted octanol–water partition coefficient (Wildman–Crippen LogP) is 3.80. The molecule has 2 unspecified atom stereocenters. The van der Waals surface area contributed by atoms with Crippen molar-refractivity contribution in [3.05, 3.63) is 75.3 Å². The second-order valence-corrected chi connectivity index (χ2v) is 12.1. The van der Waals surface area contributed by atoms with Gasteiger partial charge in [-0.1, -0.05) is 31.5 Å². The number of nitrogens with zero attached hydrogens (tertiary/aromatic N) is 1. The number of ketones is 2. The Balaban J connectivity index is 1.45. The summed E-state index contributed by atoms with van der Waals surface area (Å²) in [6, 6.07) is 9.73. The molecule has 0 saturated carbocycles. The molecule has 0 aromatic heterocycles. The molecule has 1 heterocycles. The number of phenols is 1. The number of nitrogens with two attached hydrogens (primary N) is 1. The molecule has 0 radical (unpaired) electrons. The highest BCUT2D eigenvalue weighted by molar-refractivity contribution is 6.24. The number of piperidine rings is 1. The Hall–Kier alpha value is -3.95. The number of hydrogen-bond donors (Lipinski definition) is 5. The van der Waals surface area contributed by atoms with Crippen molar-refractivity contribution in [2.75, 3.05) is 13.1 Å². The average Bonchev–Trinajstić information content (AvgIpc) is 2.95. The van der Waals surface area contributed by atoms with Crippen LogP contribution < -0.4 is 5.73 Å². The van der Waals surface area contributed by atoms with E-state index in [1.54, 1.807) is 0 Å². The number of allylic oxidation sites excluding steroid dienone is 2. The molecule has 9 nitrogen and oxygen atoms in total. The van der Waals surface area contributed by atoms with Gasteiger partial charge in [0.15, 0.2) is 11.4 Å². The van der Waals surface area contributed by atoms with Gasteiger partial charge in [-0.15, -0.1) is 0 Å². The van der Waals surface area contributed by atoms with Gasteiger partial charge in [0.1, 0.15) is 22.8 Å². The maximum absolute atomic E-state index is 14.0. The van der Waals surface area contributed by atoms with E-state index < -0.39 is 52.0 Å². The molecule has 42 heavy (non-hydrogen) atoms. The fraction of sp³-hybridized carbons (Fsp3) is 0.424. The van der Waals surface area contributed by atoms with Crippen LogP contribution in [0.3, 0.4) is 0 Å². The summed E-state index contributed by atoms with van der Waals surface area (Å²) in [5.41, 5.74) is 6.56. The van der Waals surface area contributed by atoms with Crippen LogP contribution in [0.1, 0.15) is 66.1 Å². The van der Waals surface area contributed by atoms with Crippen LogP contribution in [0.25, 0.3) is 11.1 Å². The second kappa shape index (κ2) is 10.4. The summed E-state index contributed by atoms with van der Waals surface area (Å²) in [5.74, 6) is -6.26. The predicted molar refractivity (Wildman–Crippen MR) is 155 cm³/mol. The van der Waals surface area contributed by atoms with E-state index in [9.17, 15) is 34.8 Å². The number of benzene rings is 2. The Morgan fingerprint density at radius 1 is 1.02 bits per heavy atom. The summed E-state index contributed by atoms with van der Waals surface area (Å²) < 4.78 is 0. The third-order valence-corrected chi connectivity index (χ3v) is 9.65. The normalized spacial score (nSPS) is 26.1. The Morgan fingerprint density at radius 3 is 2.45 bits per heavy atom. The summed E-state index contributed by atoms with van der Waals surface area (Å²) in [6.07, 6.45) is 4.54. The topological polar surface area (TPSA) is 161 Å². The fourth-order valence-electron chi connectivity index (χ4n) is 7.53. The lowest BCUT2D eigenvalue weighted by Gasteiger charge is -2.45. The van der Waals surface area contributed by atoms with E-state index in [4.69, 9.17) is 5.73 Å². The van der Waals surface area contributed by atoms with Gasteiger partial charge in [0.05, 0.1) is 5.56 Å². The van der Waals surface area contributed by atoms with Gasteiger partial charge in [0.25, 0.3) is 5.91 Å². The molecule has 1 fully saturated rings. The van der Waals surface area contributed by atoms with Crippen LogP contribution in [0.2, 0.25) is 0 Å². The van der Waals surface area contributed by atoms with Crippen molar-refractivity contribution < 1.29 is 34.8 Å². The van der Waals surface area contributed by atoms with Gasteiger partial charge < -0.3 is 26.2 Å². The SMILES string of the molecule is CCc1ccc(CN2CCCCC2)cc1-c1ccc(O)c2c1CC1CC3CC(O)=C(C(N)=O)C(=O)[C@@]3(O)C(O)=C1C2=O. The van der Waals surface area contributed by atoms with Crippen molar-refractivity contribution in [2.45, 2.75) is 64.0 Å². The van der Waals surface area contributed by atoms with E-state index in [0.717, 1.165) is 42.7 Å². The number of aliphatic hydroxyl groups excluding tert-OH is 2. The smallest absolute Gasteiger partial charge is 0.255 e. The number of carbonyl (C=O) groups is 3. The fourth-order valence-corrected chi connectivity index (χ4v) is 7.53. The molecule has 0 bridgehead atoms. The first-order valence-corrected chi connectivity index (χ1v) is 14.7. The van der Waals surface area contributed by atoms with Crippen LogP contribution in [0.4, 0.5) is 0 Å². The first kappa shape index (κ1) is 28.2. The lowest BCUT2D eigenvalue weighted by molar-refractivity contribution is -0.144. The molecule has 3 aliphatic carbocycles. The molecular weight excluding hydrogens is 536 g/mol. The number of primary amides is 1. The van der Waals surface area contributed by atoms with Crippen molar-refractivity contribution in [3.63, 3.8) is 0 Å². The number of rotatable bonds is 5. The van der Waals surface area contributed by atoms with E-state index in [2.05, 4.69) is 30.0 Å². The van der Waals surface area contributed by atoms with Crippen molar-refractivity contribution >= 4 is 17.5 Å². The summed E-state index contributed by atoms with van der Waals surface area (Å²) >= 11 is 0. The molecule has 6 rings (SSSR count). The number of aromatic hydroxyl groups is 1. The number of hydrogen-bond acceptors (Lipinski definition) is 8. The summed E-state index contributed by atoms with van der Waals surface area (Å²) in [5, 5.41) is 44.1. The second-order valence-electron chi connectivity index (χ2n) is 12.1. The third-order valence-electron chi connectivity index (χ3n) is 9.65. The Bertz CT molecular complexity index is 1580. The zero-order valence-corrected chi connectivity index (χ0v) is 23.7. The first-order valence-electron chi connectivity index (χ1n) is 14.7. The summed E-state index contributed by atoms with van der Waals surface area (Å²) in [7, 11) is 0. The minimum absolute atomic E-state index is 0.0348. The van der Waals surface area contributed by atoms with Gasteiger partial charge in [-0.05, 0) is 91.1 Å². The Kier molecular flexibility index (Phi) is 6.98. The van der Waals surface area contributed by atoms with Crippen molar-refractivity contribution in [2.24, 2.45) is 17.6 Å². The van der Waals surface area contributed by atoms with Crippen LogP contribution in [-0.4, -0.2) is 61.5 Å². The standard InChI is InChI=1S/C33H36N2O7/c1-2-18-7-6-17(16-35-10-4-3-5-11-35)12-22(18)21-8-9-24(36)27-23(21)14-19-13-20-15-25(37)28(32(34)41)31(40)33(20,42)30(39)26(19)29(27)38/h6-9,12,19-20,36-37,39,42H,2-5,10-11,13-16H2,1H3,(H2,34,41)/t19?,20?,33-/m0/s1. The molecule has 2 aromatic rings. The van der Waals surface area contributed by atoms with Crippen LogP contribution in [0.5, 0.6) is 5.75 Å². The molecule has 0 spiro atoms. The monoisotopic (exact) mass is 572 g/mol. The van der Waals surface area contributed by atoms with Crippen LogP contribution in [0.15, 0.2) is 53.0 Å². The number of amides is 1. The van der Waals surface area contributed by atoms with Crippen LogP contribution in [-0.2, 0) is 29.0 Å². The van der Waals surface area contributed by atoms with Gasteiger partial charge >= 0.3 is 0 Å². The molecule has 2 aromatic carbocycles. The van der Waals surface area contributed by atoms with E-state index in [-0.39, 0.29) is 36.1 Å². The van der Waals surface area contributed by atoms with Gasteiger partial charge in [0, 0.05) is 24.5 Å². The minimum Gasteiger partial charge on any atom is -0.511 e. The molecule has 1 aliphatic heterocycles. The molecule has 1 amide bonds. The Labute approximate surface area is 244 Å². The number of aryl methyl sites for hydroxylation is 1. The molecule has 220 valence electrons. The lowest BCUT2D eigenvalue weighted by atomic mass is 9.60. The number of carbonyl (C=O) groups excluding carboxylic acids is 3. The minimum atomic E-state index is -2.57. The molecule has 1 saturated heterocycles. The number of aliphatic hydroxyl groups is 3. The van der Waals surface area contributed by atoms with Gasteiger partial charge in [0.2, 0.25) is 5.78 Å². The molecule has 6 N–H and O–H groups in total. The molecule has 3 atom stereocenters. The number of likely N-dealkylation sites (tertiary alicyclic amines) is 1. The number of phenolic OH excluding ortho intramolecular Hbond substituents is 1. The molecule has 4 aliphatic rings. The largest absolute Gasteiger partial charge is 0.511 e. The number of Topliss-reactive ketones (excluding diaryl/α,β-unsaturated/α-hetero) is 2. The van der Waals surface area contributed by atoms with Crippen molar-refractivity contribution in [1.29, 1.82) is 0 Å². The van der Waals surface area contributed by atoms with Crippen LogP contribution >= 0.6 is 0 Å². The van der Waals surface area contributed by atoms with Crippen molar-refractivity contribution in [1.82, 2.24) is 4.90 Å². The highest BCUT2D eigenvalue weighted by Gasteiger charge is 2.59. The summed E-state index contributed by atoms with van der Waals surface area (Å²) in [6.45, 7) is 5.03. The van der Waals surface area contributed by atoms with E-state index >= 15 is 0 Å². The average molecular weight is 573 g/mol. The lowest BCUT2D eigenvalue weighted by Crippen LogP contribution is -2.57. The highest BCUT2D eigenvalue weighted by Crippen LogP contribution is 2.52. The highest BCUT2D eigenvalue weighted by atomic mass is 16.3. The zero-order valence-electron chi connectivity index (χ0n) is 23.7. The first-order chi connectivity index (χ1) is 20.1. The third kappa shape index (κ3) is 4.25. The molecule has 9 heteroatoms. The van der Waals surface area contributed by atoms with Crippen molar-refractivity contribution in [3.8, 4) is 16.9 Å². The summed E-state index contributed by atoms with van der Waals surface area (Å²) in [4.78, 5) is 41.5.